The van der Waals surface area contributed by atoms with E-state index in [0.29, 0.717) is 0 Å². The first-order chi connectivity index (χ1) is 12.3. The van der Waals surface area contributed by atoms with E-state index in [0.717, 1.165) is 23.1 Å². The predicted molar refractivity (Wildman–Crippen MR) is 94.7 cm³/mol. The number of nitrogens with two attached hydrogens (primary N) is 1. The summed E-state index contributed by atoms with van der Waals surface area (Å²) in [5.41, 5.74) is 5.28. The van der Waals surface area contributed by atoms with Gasteiger partial charge in [-0.05, 0) is 6.08 Å². The van der Waals surface area contributed by atoms with Gasteiger partial charge >= 0.3 is 11.9 Å². The quantitative estimate of drug-likeness (QED) is 0.289. The van der Waals surface area contributed by atoms with E-state index in [4.69, 9.17) is 10.8 Å². The molecule has 0 fully saturated rings. The van der Waals surface area contributed by atoms with Gasteiger partial charge in [-0.1, -0.05) is 5.16 Å². The standard InChI is InChI=1S/C13H15N5O6S2/c1-24-18-7(6-4-26-13(14)16-6)9(19)17-8(12(22)23)10-15-5(11(20)21)2-3-25-10/h2,4,8,10,15H,3H2,1H3,(H2,14,16)(H,17,19)(H,20,21)(H,22,23)/b18-7+/t8?,10-/m1/s1. The zero-order chi connectivity index (χ0) is 19.3. The maximum Gasteiger partial charge on any atom is 0.351 e. The smallest absolute Gasteiger partial charge is 0.351 e. The molecule has 26 heavy (non-hydrogen) atoms. The number of amides is 1. The molecule has 13 heteroatoms. The molecule has 1 unspecified atom stereocenters. The number of carbonyl (C=O) groups is 3. The second-order valence-electron chi connectivity index (χ2n) is 4.80. The van der Waals surface area contributed by atoms with Crippen molar-refractivity contribution in [3.05, 3.63) is 22.8 Å². The van der Waals surface area contributed by atoms with Crippen molar-refractivity contribution in [1.82, 2.24) is 15.6 Å². The lowest BCUT2D eigenvalue weighted by Crippen LogP contribution is -2.55. The van der Waals surface area contributed by atoms with Gasteiger partial charge in [0.2, 0.25) is 0 Å². The molecule has 1 amide bonds. The number of carboxylic acids is 2. The SMILES string of the molecule is CO/N=C(/C(=O)NC(C(=O)O)[C@@H]1NC(C(=O)O)=CCS1)c1csc(N)n1. The summed E-state index contributed by atoms with van der Waals surface area (Å²) in [5.74, 6) is -3.13. The minimum Gasteiger partial charge on any atom is -0.480 e. The Labute approximate surface area is 155 Å². The average Bonchev–Trinajstić information content (AvgIpc) is 3.03. The van der Waals surface area contributed by atoms with Gasteiger partial charge in [0.15, 0.2) is 16.9 Å². The number of thioether (sulfide) groups is 1. The van der Waals surface area contributed by atoms with E-state index in [-0.39, 0.29) is 28.0 Å². The highest BCUT2D eigenvalue weighted by Gasteiger charge is 2.34. The van der Waals surface area contributed by atoms with Crippen molar-refractivity contribution in [3.63, 3.8) is 0 Å². The lowest BCUT2D eigenvalue weighted by atomic mass is 10.2. The highest BCUT2D eigenvalue weighted by Crippen LogP contribution is 2.20. The number of anilines is 1. The molecule has 6 N–H and O–H groups in total. The van der Waals surface area contributed by atoms with E-state index in [1.165, 1.54) is 18.6 Å². The molecule has 0 saturated heterocycles. The molecule has 1 aromatic rings. The maximum atomic E-state index is 12.5. The number of nitrogen functional groups attached to an aromatic ring is 1. The van der Waals surface area contributed by atoms with Crippen molar-refractivity contribution in [2.45, 2.75) is 11.4 Å². The predicted octanol–water partition coefficient (Wildman–Crippen LogP) is -0.724. The third-order valence-corrected chi connectivity index (χ3v) is 4.89. The summed E-state index contributed by atoms with van der Waals surface area (Å²) < 4.78 is 0. The molecule has 140 valence electrons. The van der Waals surface area contributed by atoms with Gasteiger partial charge in [-0.15, -0.1) is 23.1 Å². The van der Waals surface area contributed by atoms with E-state index in [1.807, 2.05) is 0 Å². The largest absolute Gasteiger partial charge is 0.480 e. The van der Waals surface area contributed by atoms with Crippen LogP contribution in [0.25, 0.3) is 0 Å². The van der Waals surface area contributed by atoms with Crippen LogP contribution >= 0.6 is 23.1 Å². The summed E-state index contributed by atoms with van der Waals surface area (Å²) in [7, 11) is 1.22. The van der Waals surface area contributed by atoms with E-state index < -0.39 is 29.3 Å². The van der Waals surface area contributed by atoms with Gasteiger partial charge in [-0.2, -0.15) is 0 Å². The Bertz CT molecular complexity index is 777. The van der Waals surface area contributed by atoms with Crippen molar-refractivity contribution in [3.8, 4) is 0 Å². The Morgan fingerprint density at radius 2 is 2.23 bits per heavy atom. The Morgan fingerprint density at radius 1 is 1.50 bits per heavy atom. The number of carbonyl (C=O) groups excluding carboxylic acids is 1. The fourth-order valence-corrected chi connectivity index (χ4v) is 3.59. The summed E-state index contributed by atoms with van der Waals surface area (Å²) in [4.78, 5) is 43.7. The first-order valence-electron chi connectivity index (χ1n) is 7.01. The molecule has 11 nitrogen and oxygen atoms in total. The summed E-state index contributed by atoms with van der Waals surface area (Å²) in [6, 6.07) is -1.42. The minimum atomic E-state index is -1.42. The lowest BCUT2D eigenvalue weighted by molar-refractivity contribution is -0.141. The number of oxime groups is 1. The first kappa shape index (κ1) is 19.5. The fraction of sp³-hybridized carbons (Fsp3) is 0.308. The molecule has 0 saturated carbocycles. The van der Waals surface area contributed by atoms with Crippen LogP contribution in [0, 0.1) is 0 Å². The molecule has 1 aliphatic rings. The van der Waals surface area contributed by atoms with Gasteiger partial charge in [0.1, 0.15) is 23.9 Å². The zero-order valence-electron chi connectivity index (χ0n) is 13.3. The fourth-order valence-electron chi connectivity index (χ4n) is 1.99. The topological polar surface area (TPSA) is 176 Å². The van der Waals surface area contributed by atoms with E-state index in [9.17, 15) is 19.5 Å². The lowest BCUT2D eigenvalue weighted by Gasteiger charge is -2.28. The van der Waals surface area contributed by atoms with E-state index in [2.05, 4.69) is 25.6 Å². The number of hydrogen-bond acceptors (Lipinski definition) is 10. The molecule has 2 rings (SSSR count). The maximum absolute atomic E-state index is 12.5. The van der Waals surface area contributed by atoms with Gasteiger partial charge in [0.25, 0.3) is 5.91 Å². The number of aromatic nitrogens is 1. The van der Waals surface area contributed by atoms with Crippen LogP contribution < -0.4 is 16.4 Å². The highest BCUT2D eigenvalue weighted by atomic mass is 32.2. The van der Waals surface area contributed by atoms with Crippen molar-refractivity contribution in [2.75, 3.05) is 18.6 Å². The van der Waals surface area contributed by atoms with Crippen LogP contribution in [0.4, 0.5) is 5.13 Å². The number of aliphatic carboxylic acids is 2. The Kier molecular flexibility index (Phi) is 6.41. The number of carboxylic acid groups (broad SMARTS) is 2. The third kappa shape index (κ3) is 4.64. The Balaban J connectivity index is 2.19. The number of nitrogens with zero attached hydrogens (tertiary/aromatic N) is 2. The van der Waals surface area contributed by atoms with E-state index >= 15 is 0 Å². The Hall–Kier alpha value is -2.80. The molecule has 0 aromatic carbocycles. The van der Waals surface area contributed by atoms with Crippen LogP contribution in [0.3, 0.4) is 0 Å². The van der Waals surface area contributed by atoms with Gasteiger partial charge in [0, 0.05) is 11.1 Å². The van der Waals surface area contributed by atoms with Crippen LogP contribution in [0.1, 0.15) is 5.69 Å². The second-order valence-corrected chi connectivity index (χ2v) is 6.87. The monoisotopic (exact) mass is 401 g/mol. The third-order valence-electron chi connectivity index (χ3n) is 3.11. The molecule has 0 spiro atoms. The molecule has 2 atom stereocenters. The minimum absolute atomic E-state index is 0.131. The molecular formula is C13H15N5O6S2. The van der Waals surface area contributed by atoms with Gasteiger partial charge in [-0.3, -0.25) is 4.79 Å². The van der Waals surface area contributed by atoms with Crippen molar-refractivity contribution in [1.29, 1.82) is 0 Å². The second kappa shape index (κ2) is 8.53. The number of rotatable bonds is 7. The molecule has 1 aromatic heterocycles. The summed E-state index contributed by atoms with van der Waals surface area (Å²) in [6.45, 7) is 0. The van der Waals surface area contributed by atoms with Crippen molar-refractivity contribution in [2.24, 2.45) is 5.16 Å². The first-order valence-corrected chi connectivity index (χ1v) is 8.94. The molecule has 0 aliphatic carbocycles. The molecule has 0 bridgehead atoms. The average molecular weight is 401 g/mol. The molecule has 1 aliphatic heterocycles. The van der Waals surface area contributed by atoms with Gasteiger partial charge in [-0.25, -0.2) is 14.6 Å². The van der Waals surface area contributed by atoms with Crippen LogP contribution in [-0.2, 0) is 19.2 Å². The molecule has 2 heterocycles. The summed E-state index contributed by atoms with van der Waals surface area (Å²) >= 11 is 2.21. The number of nitrogens with one attached hydrogen (secondary N) is 2. The number of hydrogen-bond donors (Lipinski definition) is 5. The molecular weight excluding hydrogens is 386 g/mol. The summed E-state index contributed by atoms with van der Waals surface area (Å²) in [5, 5.41) is 27.7. The Morgan fingerprint density at radius 3 is 2.77 bits per heavy atom. The number of thiazole rings is 1. The zero-order valence-corrected chi connectivity index (χ0v) is 15.0. The molecule has 0 radical (unpaired) electrons. The van der Waals surface area contributed by atoms with Gasteiger partial charge in [0.05, 0.1) is 0 Å². The van der Waals surface area contributed by atoms with Crippen molar-refractivity contribution < 1.29 is 29.4 Å². The van der Waals surface area contributed by atoms with Crippen LogP contribution in [0.2, 0.25) is 0 Å². The van der Waals surface area contributed by atoms with Gasteiger partial charge < -0.3 is 31.4 Å². The normalized spacial score (nSPS) is 18.3. The van der Waals surface area contributed by atoms with Crippen LogP contribution in [-0.4, -0.2) is 63.0 Å². The van der Waals surface area contributed by atoms with Crippen LogP contribution in [0.15, 0.2) is 22.3 Å². The summed E-state index contributed by atoms with van der Waals surface area (Å²) in [6.07, 6.45) is 1.42. The van der Waals surface area contributed by atoms with E-state index in [1.54, 1.807) is 0 Å². The van der Waals surface area contributed by atoms with Crippen molar-refractivity contribution >= 4 is 51.8 Å². The highest BCUT2D eigenvalue weighted by molar-refractivity contribution is 8.00. The van der Waals surface area contributed by atoms with Crippen LogP contribution in [0.5, 0.6) is 0 Å².